The summed E-state index contributed by atoms with van der Waals surface area (Å²) in [5.74, 6) is 0.413. The molecule has 0 radical (unpaired) electrons. The molecular weight excluding hydrogens is 276 g/mol. The Hall–Kier alpha value is -0.890. The fourth-order valence-corrected chi connectivity index (χ4v) is 3.96. The van der Waals surface area contributed by atoms with Crippen molar-refractivity contribution < 1.29 is 4.79 Å². The summed E-state index contributed by atoms with van der Waals surface area (Å²) in [5.41, 5.74) is 4.12. The maximum atomic E-state index is 11.4. The van der Waals surface area contributed by atoms with Gasteiger partial charge in [0.2, 0.25) is 0 Å². The number of carbonyl (C=O) groups is 1. The summed E-state index contributed by atoms with van der Waals surface area (Å²) >= 11 is 3.73. The molecule has 0 heterocycles. The van der Waals surface area contributed by atoms with Crippen LogP contribution in [0, 0.1) is 6.92 Å². The number of fused-ring (bicyclic) bond motifs is 2. The van der Waals surface area contributed by atoms with E-state index in [-0.39, 0.29) is 5.41 Å². The van der Waals surface area contributed by atoms with E-state index < -0.39 is 0 Å². The van der Waals surface area contributed by atoms with Crippen LogP contribution in [0.15, 0.2) is 22.7 Å². The Morgan fingerprint density at radius 2 is 1.94 bits per heavy atom. The highest BCUT2D eigenvalue weighted by Gasteiger charge is 2.42. The molecule has 1 fully saturated rings. The lowest BCUT2D eigenvalue weighted by atomic mass is 9.70. The van der Waals surface area contributed by atoms with E-state index in [1.54, 1.807) is 0 Å². The third kappa shape index (κ3) is 1.61. The van der Waals surface area contributed by atoms with Crippen molar-refractivity contribution in [3.63, 3.8) is 0 Å². The predicted octanol–water partition coefficient (Wildman–Crippen LogP) is 4.13. The van der Waals surface area contributed by atoms with Gasteiger partial charge in [0.15, 0.2) is 0 Å². The summed E-state index contributed by atoms with van der Waals surface area (Å²) in [6, 6.07) is 6.66. The van der Waals surface area contributed by atoms with Gasteiger partial charge in [0.1, 0.15) is 5.78 Å². The number of hydrogen-bond donors (Lipinski definition) is 0. The molecule has 2 aliphatic carbocycles. The number of benzene rings is 1. The van der Waals surface area contributed by atoms with Gasteiger partial charge in [0.25, 0.3) is 0 Å². The van der Waals surface area contributed by atoms with Crippen molar-refractivity contribution in [3.05, 3.63) is 39.4 Å². The molecule has 1 spiro atoms. The van der Waals surface area contributed by atoms with Crippen molar-refractivity contribution in [2.24, 2.45) is 0 Å². The topological polar surface area (TPSA) is 17.1 Å². The van der Waals surface area contributed by atoms with Crippen LogP contribution in [0.3, 0.4) is 0 Å². The number of Topliss-reactive ketones (excluding diaryl/α,β-unsaturated/α-hetero) is 1. The lowest BCUT2D eigenvalue weighted by Gasteiger charge is -2.35. The van der Waals surface area contributed by atoms with Gasteiger partial charge in [-0.25, -0.2) is 0 Å². The molecule has 2 aliphatic rings. The fourth-order valence-electron chi connectivity index (χ4n) is 3.10. The van der Waals surface area contributed by atoms with Crippen LogP contribution in [0.25, 0.3) is 6.08 Å². The summed E-state index contributed by atoms with van der Waals surface area (Å²) < 4.78 is 1.26. The van der Waals surface area contributed by atoms with E-state index in [0.717, 1.165) is 25.7 Å². The van der Waals surface area contributed by atoms with Crippen molar-refractivity contribution in [3.8, 4) is 0 Å². The Balaban J connectivity index is 2.09. The second kappa shape index (κ2) is 3.81. The van der Waals surface area contributed by atoms with Crippen LogP contribution in [0.4, 0.5) is 0 Å². The first-order valence-electron chi connectivity index (χ1n) is 6.12. The molecule has 2 heteroatoms. The summed E-state index contributed by atoms with van der Waals surface area (Å²) in [6.45, 7) is 2.12. The molecule has 0 amide bonds. The highest BCUT2D eigenvalue weighted by atomic mass is 79.9. The fraction of sp³-hybridized carbons (Fsp3) is 0.400. The van der Waals surface area contributed by atoms with Crippen LogP contribution < -0.4 is 0 Å². The van der Waals surface area contributed by atoms with Crippen molar-refractivity contribution in [1.82, 2.24) is 0 Å². The molecule has 0 atom stereocenters. The van der Waals surface area contributed by atoms with E-state index in [2.05, 4.69) is 47.1 Å². The van der Waals surface area contributed by atoms with Gasteiger partial charge in [-0.3, -0.25) is 4.79 Å². The van der Waals surface area contributed by atoms with Crippen molar-refractivity contribution in [2.75, 3.05) is 0 Å². The number of aryl methyl sites for hydroxylation is 1. The second-order valence-corrected chi connectivity index (χ2v) is 6.06. The third-order valence-electron chi connectivity index (χ3n) is 4.12. The van der Waals surface area contributed by atoms with E-state index >= 15 is 0 Å². The third-order valence-corrected chi connectivity index (χ3v) is 5.11. The van der Waals surface area contributed by atoms with Gasteiger partial charge in [0, 0.05) is 22.7 Å². The van der Waals surface area contributed by atoms with Crippen LogP contribution in [-0.4, -0.2) is 5.78 Å². The smallest absolute Gasteiger partial charge is 0.133 e. The van der Waals surface area contributed by atoms with Crippen LogP contribution in [0.2, 0.25) is 0 Å². The van der Waals surface area contributed by atoms with Crippen molar-refractivity contribution in [2.45, 2.75) is 38.0 Å². The Morgan fingerprint density at radius 1 is 1.24 bits per heavy atom. The lowest BCUT2D eigenvalue weighted by Crippen LogP contribution is -2.30. The first-order chi connectivity index (χ1) is 8.12. The highest BCUT2D eigenvalue weighted by Crippen LogP contribution is 2.52. The molecule has 1 saturated carbocycles. The Labute approximate surface area is 110 Å². The van der Waals surface area contributed by atoms with Crippen molar-refractivity contribution in [1.29, 1.82) is 0 Å². The molecule has 0 bridgehead atoms. The van der Waals surface area contributed by atoms with Gasteiger partial charge < -0.3 is 0 Å². The lowest BCUT2D eigenvalue weighted by molar-refractivity contribution is -0.121. The molecule has 0 unspecified atom stereocenters. The van der Waals surface area contributed by atoms with Crippen LogP contribution in [0.1, 0.15) is 42.4 Å². The maximum absolute atomic E-state index is 11.4. The maximum Gasteiger partial charge on any atom is 0.133 e. The Bertz CT molecular complexity index is 518. The van der Waals surface area contributed by atoms with Gasteiger partial charge in [-0.1, -0.05) is 39.7 Å². The summed E-state index contributed by atoms with van der Waals surface area (Å²) in [5, 5.41) is 0. The van der Waals surface area contributed by atoms with Crippen LogP contribution >= 0.6 is 15.9 Å². The van der Waals surface area contributed by atoms with E-state index in [1.165, 1.54) is 21.2 Å². The van der Waals surface area contributed by atoms with Gasteiger partial charge >= 0.3 is 0 Å². The minimum Gasteiger partial charge on any atom is -0.300 e. The van der Waals surface area contributed by atoms with Gasteiger partial charge in [0.05, 0.1) is 0 Å². The monoisotopic (exact) mass is 290 g/mol. The normalized spacial score (nSPS) is 21.5. The zero-order chi connectivity index (χ0) is 12.0. The molecule has 1 nitrogen and oxygen atoms in total. The standard InChI is InChI=1S/C15H15BrO/c1-10-2-3-13-11(8-10)9-14(16)15(13)6-4-12(17)5-7-15/h2-3,8-9H,4-7H2,1H3. The largest absolute Gasteiger partial charge is 0.300 e. The van der Waals surface area contributed by atoms with E-state index in [9.17, 15) is 4.79 Å². The molecule has 0 aromatic heterocycles. The quantitative estimate of drug-likeness (QED) is 0.702. The molecule has 88 valence electrons. The van der Waals surface area contributed by atoms with E-state index in [0.29, 0.717) is 5.78 Å². The number of halogens is 1. The first-order valence-corrected chi connectivity index (χ1v) is 6.92. The molecule has 1 aromatic rings. The number of ketones is 1. The van der Waals surface area contributed by atoms with Crippen LogP contribution in [-0.2, 0) is 10.2 Å². The summed E-state index contributed by atoms with van der Waals surface area (Å²) in [6.07, 6.45) is 5.59. The predicted molar refractivity (Wildman–Crippen MR) is 73.2 cm³/mol. The first kappa shape index (κ1) is 11.2. The molecule has 3 rings (SSSR count). The number of rotatable bonds is 0. The van der Waals surface area contributed by atoms with Gasteiger partial charge in [-0.2, -0.15) is 0 Å². The average Bonchev–Trinajstić information content (AvgIpc) is 2.55. The average molecular weight is 291 g/mol. The number of hydrogen-bond acceptors (Lipinski definition) is 1. The summed E-state index contributed by atoms with van der Waals surface area (Å²) in [7, 11) is 0. The second-order valence-electron chi connectivity index (χ2n) is 5.20. The molecule has 0 aliphatic heterocycles. The van der Waals surface area contributed by atoms with E-state index in [4.69, 9.17) is 0 Å². The molecular formula is C15H15BrO. The van der Waals surface area contributed by atoms with Crippen LogP contribution in [0.5, 0.6) is 0 Å². The number of carbonyl (C=O) groups excluding carboxylic acids is 1. The Morgan fingerprint density at radius 3 is 2.65 bits per heavy atom. The highest BCUT2D eigenvalue weighted by molar-refractivity contribution is 9.11. The zero-order valence-corrected chi connectivity index (χ0v) is 11.5. The minimum atomic E-state index is 0.0942. The van der Waals surface area contributed by atoms with E-state index in [1.807, 2.05) is 0 Å². The Kier molecular flexibility index (Phi) is 2.51. The SMILES string of the molecule is Cc1ccc2c(c1)C=C(Br)C21CCC(=O)CC1. The van der Waals surface area contributed by atoms with Gasteiger partial charge in [-0.05, 0) is 37.0 Å². The molecule has 0 saturated heterocycles. The molecule has 1 aromatic carbocycles. The zero-order valence-electron chi connectivity index (χ0n) is 9.92. The molecule has 0 N–H and O–H groups in total. The minimum absolute atomic E-state index is 0.0942. The van der Waals surface area contributed by atoms with Crippen molar-refractivity contribution >= 4 is 27.8 Å². The summed E-state index contributed by atoms with van der Waals surface area (Å²) in [4.78, 5) is 11.4. The number of allylic oxidation sites excluding steroid dienone is 1. The van der Waals surface area contributed by atoms with Gasteiger partial charge in [-0.15, -0.1) is 0 Å². The molecule has 17 heavy (non-hydrogen) atoms.